The molecule has 30 heavy (non-hydrogen) atoms. The van der Waals surface area contributed by atoms with Gasteiger partial charge in [-0.05, 0) is 109 Å². The maximum atomic E-state index is 3.95. The fourth-order valence-corrected chi connectivity index (χ4v) is 8.65. The van der Waals surface area contributed by atoms with E-state index in [9.17, 15) is 0 Å². The fraction of sp³-hybridized carbons (Fsp3) is 0.500. The summed E-state index contributed by atoms with van der Waals surface area (Å²) in [5.74, 6) is 4.21. The van der Waals surface area contributed by atoms with E-state index in [-0.39, 0.29) is 0 Å². The topological polar surface area (TPSA) is 12.0 Å². The highest BCUT2D eigenvalue weighted by Crippen LogP contribution is 2.61. The van der Waals surface area contributed by atoms with Gasteiger partial charge in [0.05, 0.1) is 6.04 Å². The van der Waals surface area contributed by atoms with Crippen LogP contribution in [0.3, 0.4) is 0 Å². The monoisotopic (exact) mass is 459 g/mol. The van der Waals surface area contributed by atoms with E-state index in [2.05, 4.69) is 75.9 Å². The van der Waals surface area contributed by atoms with Gasteiger partial charge in [-0.25, -0.2) is 0 Å². The molecule has 1 N–H and O–H groups in total. The molecule has 1 aliphatic heterocycles. The summed E-state index contributed by atoms with van der Waals surface area (Å²) in [4.78, 5) is 0. The van der Waals surface area contributed by atoms with Crippen molar-refractivity contribution in [3.63, 3.8) is 0 Å². The van der Waals surface area contributed by atoms with Gasteiger partial charge in [0.1, 0.15) is 0 Å². The third kappa shape index (κ3) is 2.65. The Hall–Kier alpha value is -1.54. The molecule has 4 bridgehead atoms. The second-order valence-corrected chi connectivity index (χ2v) is 11.9. The Labute approximate surface area is 188 Å². The smallest absolute Gasteiger partial charge is 0.0553 e. The molecular weight excluding hydrogens is 430 g/mol. The third-order valence-corrected chi connectivity index (χ3v) is 9.77. The molecule has 1 nitrogen and oxygen atoms in total. The molecular formula is C28H30BrN. The van der Waals surface area contributed by atoms with Crippen molar-refractivity contribution in [2.45, 2.75) is 62.3 Å². The molecule has 0 aromatic heterocycles. The fourth-order valence-electron chi connectivity index (χ4n) is 8.39. The molecule has 5 aliphatic carbocycles. The van der Waals surface area contributed by atoms with Gasteiger partial charge in [0.25, 0.3) is 0 Å². The van der Waals surface area contributed by atoms with Crippen molar-refractivity contribution in [3.8, 4) is 0 Å². The van der Waals surface area contributed by atoms with Gasteiger partial charge in [-0.3, -0.25) is 0 Å². The predicted octanol–water partition coefficient (Wildman–Crippen LogP) is 7.74. The van der Waals surface area contributed by atoms with E-state index in [0.29, 0.717) is 23.3 Å². The van der Waals surface area contributed by atoms with Crippen LogP contribution in [0.1, 0.15) is 73.6 Å². The van der Waals surface area contributed by atoms with Gasteiger partial charge in [-0.2, -0.15) is 0 Å². The average Bonchev–Trinajstić information content (AvgIpc) is 3.23. The lowest BCUT2D eigenvalue weighted by molar-refractivity contribution is -0.00523. The van der Waals surface area contributed by atoms with Gasteiger partial charge >= 0.3 is 0 Å². The van der Waals surface area contributed by atoms with Crippen molar-refractivity contribution in [1.82, 2.24) is 0 Å². The standard InChI is InChI=1S/C28H30BrN/c29-22-7-4-20(5-8-22)27-24-3-1-2-23(24)25-13-21(6-9-26(25)30-27)28-14-17-10-18(15-28)12-19(11-17)16-28/h1-2,4-9,13,17-19,23-24,27,30H,3,10-12,14-16H2/t17?,18?,19?,23-,24+,27+,28?/m1/s1. The first kappa shape index (κ1) is 18.1. The van der Waals surface area contributed by atoms with Crippen molar-refractivity contribution >= 4 is 21.6 Å². The molecule has 2 heteroatoms. The molecule has 2 aromatic rings. The van der Waals surface area contributed by atoms with Crippen molar-refractivity contribution in [2.75, 3.05) is 5.32 Å². The van der Waals surface area contributed by atoms with Crippen molar-refractivity contribution in [3.05, 3.63) is 75.8 Å². The Morgan fingerprint density at radius 2 is 1.57 bits per heavy atom. The number of fused-ring (bicyclic) bond motifs is 3. The van der Waals surface area contributed by atoms with E-state index in [1.54, 1.807) is 11.1 Å². The van der Waals surface area contributed by atoms with Crippen molar-refractivity contribution < 1.29 is 0 Å². The molecule has 1 heterocycles. The minimum absolute atomic E-state index is 0.399. The summed E-state index contributed by atoms with van der Waals surface area (Å²) in [6.45, 7) is 0. The number of allylic oxidation sites excluding steroid dienone is 2. The van der Waals surface area contributed by atoms with Crippen LogP contribution < -0.4 is 5.32 Å². The molecule has 2 aromatic carbocycles. The van der Waals surface area contributed by atoms with Gasteiger partial charge in [0, 0.05) is 16.1 Å². The van der Waals surface area contributed by atoms with Gasteiger partial charge in [0.2, 0.25) is 0 Å². The van der Waals surface area contributed by atoms with Crippen molar-refractivity contribution in [2.24, 2.45) is 23.7 Å². The first-order valence-electron chi connectivity index (χ1n) is 12.0. The number of hydrogen-bond donors (Lipinski definition) is 1. The highest BCUT2D eigenvalue weighted by Gasteiger charge is 2.52. The van der Waals surface area contributed by atoms with Crippen LogP contribution in [0.4, 0.5) is 5.69 Å². The summed E-state index contributed by atoms with van der Waals surface area (Å²) >= 11 is 3.59. The zero-order chi connectivity index (χ0) is 19.9. The summed E-state index contributed by atoms with van der Waals surface area (Å²) in [7, 11) is 0. The molecule has 4 saturated carbocycles. The lowest BCUT2D eigenvalue weighted by atomic mass is 9.48. The van der Waals surface area contributed by atoms with Crippen LogP contribution in [-0.2, 0) is 5.41 Å². The molecule has 8 rings (SSSR count). The van der Waals surface area contributed by atoms with E-state index < -0.39 is 0 Å². The van der Waals surface area contributed by atoms with E-state index in [4.69, 9.17) is 0 Å². The molecule has 0 radical (unpaired) electrons. The molecule has 0 amide bonds. The van der Waals surface area contributed by atoms with Gasteiger partial charge in [-0.15, -0.1) is 0 Å². The minimum atomic E-state index is 0.399. The maximum Gasteiger partial charge on any atom is 0.0553 e. The number of benzene rings is 2. The van der Waals surface area contributed by atoms with Crippen LogP contribution >= 0.6 is 15.9 Å². The summed E-state index contributed by atoms with van der Waals surface area (Å²) in [6, 6.07) is 16.9. The first-order chi connectivity index (χ1) is 14.7. The Morgan fingerprint density at radius 1 is 0.867 bits per heavy atom. The second kappa shape index (κ2) is 6.48. The van der Waals surface area contributed by atoms with Crippen LogP contribution in [0.25, 0.3) is 0 Å². The van der Waals surface area contributed by atoms with E-state index in [1.807, 2.05) is 0 Å². The molecule has 3 atom stereocenters. The van der Waals surface area contributed by atoms with E-state index in [0.717, 1.165) is 22.2 Å². The Bertz CT molecular complexity index is 984. The maximum absolute atomic E-state index is 3.95. The zero-order valence-electron chi connectivity index (χ0n) is 17.5. The van der Waals surface area contributed by atoms with Gasteiger partial charge in [-0.1, -0.05) is 52.3 Å². The lowest BCUT2D eigenvalue weighted by Gasteiger charge is -2.57. The summed E-state index contributed by atoms with van der Waals surface area (Å²) in [6.07, 6.45) is 15.0. The second-order valence-electron chi connectivity index (χ2n) is 11.0. The SMILES string of the molecule is Brc1ccc([C@@H]2Nc3ccc(C45CC6CC(CC(C6)C4)C5)cc3[C@@H]3C=CC[C@@H]32)cc1. The highest BCUT2D eigenvalue weighted by atomic mass is 79.9. The molecule has 0 unspecified atom stereocenters. The zero-order valence-corrected chi connectivity index (χ0v) is 19.1. The van der Waals surface area contributed by atoms with Gasteiger partial charge in [0.15, 0.2) is 0 Å². The average molecular weight is 460 g/mol. The Kier molecular flexibility index (Phi) is 3.90. The van der Waals surface area contributed by atoms with Crippen molar-refractivity contribution in [1.29, 1.82) is 0 Å². The summed E-state index contributed by atoms with van der Waals surface area (Å²) < 4.78 is 1.16. The number of anilines is 1. The largest absolute Gasteiger partial charge is 0.378 e. The molecule has 6 aliphatic rings. The van der Waals surface area contributed by atoms with Crippen LogP contribution in [0, 0.1) is 23.7 Å². The number of halogens is 1. The van der Waals surface area contributed by atoms with E-state index >= 15 is 0 Å². The molecule has 154 valence electrons. The van der Waals surface area contributed by atoms with Crippen LogP contribution in [0.2, 0.25) is 0 Å². The lowest BCUT2D eigenvalue weighted by Crippen LogP contribution is -2.48. The quantitative estimate of drug-likeness (QED) is 0.452. The van der Waals surface area contributed by atoms with Gasteiger partial charge < -0.3 is 5.32 Å². The van der Waals surface area contributed by atoms with Crippen LogP contribution in [0.5, 0.6) is 0 Å². The molecule has 0 spiro atoms. The Morgan fingerprint density at radius 3 is 2.27 bits per heavy atom. The minimum Gasteiger partial charge on any atom is -0.378 e. The number of rotatable bonds is 2. The van der Waals surface area contributed by atoms with Crippen LogP contribution in [-0.4, -0.2) is 0 Å². The summed E-state index contributed by atoms with van der Waals surface area (Å²) in [5, 5.41) is 3.95. The number of hydrogen-bond acceptors (Lipinski definition) is 1. The predicted molar refractivity (Wildman–Crippen MR) is 127 cm³/mol. The molecule has 4 fully saturated rings. The Balaban J connectivity index is 1.27. The highest BCUT2D eigenvalue weighted by molar-refractivity contribution is 9.10. The normalized spacial score (nSPS) is 40.2. The van der Waals surface area contributed by atoms with E-state index in [1.165, 1.54) is 56.2 Å². The third-order valence-electron chi connectivity index (χ3n) is 9.24. The number of nitrogens with one attached hydrogen (secondary N) is 1. The molecule has 0 saturated heterocycles. The first-order valence-corrected chi connectivity index (χ1v) is 12.8. The van der Waals surface area contributed by atoms with Crippen LogP contribution in [0.15, 0.2) is 59.1 Å². The summed E-state index contributed by atoms with van der Waals surface area (Å²) in [5.41, 5.74) is 6.50.